The van der Waals surface area contributed by atoms with Crippen LogP contribution in [0.3, 0.4) is 0 Å². The number of benzene rings is 2. The number of fused-ring (bicyclic) bond motifs is 3. The summed E-state index contributed by atoms with van der Waals surface area (Å²) in [5.41, 5.74) is 9.79. The van der Waals surface area contributed by atoms with E-state index in [1.807, 2.05) is 45.0 Å². The van der Waals surface area contributed by atoms with Crippen molar-refractivity contribution in [3.05, 3.63) is 59.7 Å². The zero-order valence-corrected chi connectivity index (χ0v) is 32.0. The second-order valence-corrected chi connectivity index (χ2v) is 13.2. The highest BCUT2D eigenvalue weighted by Gasteiger charge is 2.38. The molecule has 2 aromatic rings. The Morgan fingerprint density at radius 2 is 1.29 bits per heavy atom. The van der Waals surface area contributed by atoms with E-state index < -0.39 is 23.8 Å². The SMILES string of the molecule is CC(C)(C)OC(=O)CCOCCOCCC(=O)NCCN(CCN)C(=O)CCOCCNC(=O)OCC1c2ccccc2-c2ccccc21.O=C(O)C(F)(F)F. The average Bonchev–Trinajstić information content (AvgIpc) is 3.45. The lowest BCUT2D eigenvalue weighted by Crippen LogP contribution is -2.41. The third-order valence-electron chi connectivity index (χ3n) is 7.73. The summed E-state index contributed by atoms with van der Waals surface area (Å²) in [6.45, 7) is 8.62. The molecule has 0 radical (unpaired) electrons. The van der Waals surface area contributed by atoms with Crippen molar-refractivity contribution in [3.63, 3.8) is 0 Å². The van der Waals surface area contributed by atoms with Crippen molar-refractivity contribution < 1.29 is 65.9 Å². The summed E-state index contributed by atoms with van der Waals surface area (Å²) in [6, 6.07) is 16.3. The van der Waals surface area contributed by atoms with Gasteiger partial charge in [-0.05, 0) is 43.0 Å². The highest BCUT2D eigenvalue weighted by atomic mass is 19.4. The molecule has 2 aromatic carbocycles. The first-order chi connectivity index (χ1) is 26.5. The van der Waals surface area contributed by atoms with E-state index in [4.69, 9.17) is 39.3 Å². The fourth-order valence-corrected chi connectivity index (χ4v) is 5.26. The number of rotatable bonds is 22. The lowest BCUT2D eigenvalue weighted by atomic mass is 9.98. The van der Waals surface area contributed by atoms with Crippen molar-refractivity contribution in [3.8, 4) is 11.1 Å². The van der Waals surface area contributed by atoms with Crippen LogP contribution in [-0.4, -0.2) is 131 Å². The van der Waals surface area contributed by atoms with Gasteiger partial charge >= 0.3 is 24.2 Å². The van der Waals surface area contributed by atoms with E-state index in [0.29, 0.717) is 26.3 Å². The highest BCUT2D eigenvalue weighted by Crippen LogP contribution is 2.44. The number of ether oxygens (including phenoxy) is 5. The molecule has 56 heavy (non-hydrogen) atoms. The van der Waals surface area contributed by atoms with Gasteiger partial charge in [0.1, 0.15) is 12.2 Å². The van der Waals surface area contributed by atoms with Crippen LogP contribution in [0.5, 0.6) is 0 Å². The number of alkyl halides is 3. The number of carbonyl (C=O) groups is 5. The largest absolute Gasteiger partial charge is 0.490 e. The first kappa shape index (κ1) is 47.4. The molecule has 3 amide bonds. The van der Waals surface area contributed by atoms with Crippen molar-refractivity contribution in [1.82, 2.24) is 15.5 Å². The van der Waals surface area contributed by atoms with Gasteiger partial charge in [-0.15, -0.1) is 0 Å². The van der Waals surface area contributed by atoms with Gasteiger partial charge in [0.25, 0.3) is 0 Å². The van der Waals surface area contributed by atoms with Crippen LogP contribution in [0.2, 0.25) is 0 Å². The maximum absolute atomic E-state index is 12.7. The van der Waals surface area contributed by atoms with Gasteiger partial charge in [-0.2, -0.15) is 13.2 Å². The van der Waals surface area contributed by atoms with E-state index in [2.05, 4.69) is 34.9 Å². The number of carboxylic acids is 1. The van der Waals surface area contributed by atoms with Crippen LogP contribution in [0.25, 0.3) is 11.1 Å². The number of carbonyl (C=O) groups excluding carboxylic acids is 4. The number of esters is 1. The molecule has 1 aliphatic carbocycles. The number of halogens is 3. The summed E-state index contributed by atoms with van der Waals surface area (Å²) in [5.74, 6) is -3.42. The number of carboxylic acid groups (broad SMARTS) is 1. The molecule has 1 aliphatic rings. The van der Waals surface area contributed by atoms with Gasteiger partial charge in [0.2, 0.25) is 11.8 Å². The molecule has 18 heteroatoms. The van der Waals surface area contributed by atoms with E-state index in [1.165, 1.54) is 11.1 Å². The lowest BCUT2D eigenvalue weighted by Gasteiger charge is -2.22. The summed E-state index contributed by atoms with van der Waals surface area (Å²) in [5, 5.41) is 12.6. The maximum atomic E-state index is 12.7. The molecular weight excluding hydrogens is 745 g/mol. The molecule has 0 atom stereocenters. The molecule has 312 valence electrons. The van der Waals surface area contributed by atoms with Crippen LogP contribution >= 0.6 is 0 Å². The Hall–Kier alpha value is -4.78. The number of nitrogens with two attached hydrogens (primary N) is 1. The minimum Gasteiger partial charge on any atom is -0.475 e. The molecule has 15 nitrogen and oxygen atoms in total. The van der Waals surface area contributed by atoms with Gasteiger partial charge < -0.3 is 50.1 Å². The molecule has 0 heterocycles. The summed E-state index contributed by atoms with van der Waals surface area (Å²) in [7, 11) is 0. The minimum absolute atomic E-state index is 0.0136. The van der Waals surface area contributed by atoms with E-state index >= 15 is 0 Å². The van der Waals surface area contributed by atoms with Crippen molar-refractivity contribution in [2.24, 2.45) is 5.73 Å². The second kappa shape index (κ2) is 24.7. The Morgan fingerprint density at radius 3 is 1.84 bits per heavy atom. The number of hydrogen-bond donors (Lipinski definition) is 4. The van der Waals surface area contributed by atoms with Crippen molar-refractivity contribution in [2.75, 3.05) is 79.0 Å². The Bertz CT molecular complexity index is 1510. The minimum atomic E-state index is -5.08. The number of aliphatic carboxylic acids is 1. The average molecular weight is 799 g/mol. The van der Waals surface area contributed by atoms with Crippen LogP contribution in [0.1, 0.15) is 57.1 Å². The van der Waals surface area contributed by atoms with Gasteiger partial charge in [0.05, 0.1) is 52.5 Å². The third kappa shape index (κ3) is 18.7. The summed E-state index contributed by atoms with van der Waals surface area (Å²) < 4.78 is 58.8. The monoisotopic (exact) mass is 798 g/mol. The Balaban J connectivity index is 0.00000141. The molecule has 0 aromatic heterocycles. The van der Waals surface area contributed by atoms with Gasteiger partial charge in [0, 0.05) is 45.1 Å². The van der Waals surface area contributed by atoms with E-state index in [-0.39, 0.29) is 95.6 Å². The number of nitrogens with zero attached hydrogens (tertiary/aromatic N) is 1. The number of amides is 3. The Morgan fingerprint density at radius 1 is 0.750 bits per heavy atom. The second-order valence-electron chi connectivity index (χ2n) is 13.2. The fraction of sp³-hybridized carbons (Fsp3) is 0.553. The van der Waals surface area contributed by atoms with Crippen molar-refractivity contribution >= 4 is 29.8 Å². The van der Waals surface area contributed by atoms with Crippen LogP contribution in [0.15, 0.2) is 48.5 Å². The molecule has 0 fully saturated rings. The maximum Gasteiger partial charge on any atom is 0.490 e. The predicted octanol–water partition coefficient (Wildman–Crippen LogP) is 3.62. The predicted molar refractivity (Wildman–Crippen MR) is 198 cm³/mol. The van der Waals surface area contributed by atoms with E-state index in [9.17, 15) is 32.3 Å². The van der Waals surface area contributed by atoms with Crippen LogP contribution in [0, 0.1) is 0 Å². The lowest BCUT2D eigenvalue weighted by molar-refractivity contribution is -0.192. The molecule has 5 N–H and O–H groups in total. The van der Waals surface area contributed by atoms with Gasteiger partial charge in [0.15, 0.2) is 0 Å². The topological polar surface area (TPSA) is 205 Å². The summed E-state index contributed by atoms with van der Waals surface area (Å²) >= 11 is 0. The first-order valence-electron chi connectivity index (χ1n) is 18.1. The molecule has 0 bridgehead atoms. The number of hydrogen-bond acceptors (Lipinski definition) is 11. The van der Waals surface area contributed by atoms with E-state index in [0.717, 1.165) is 11.1 Å². The van der Waals surface area contributed by atoms with E-state index in [1.54, 1.807) is 4.90 Å². The smallest absolute Gasteiger partial charge is 0.475 e. The molecule has 0 saturated heterocycles. The van der Waals surface area contributed by atoms with Crippen molar-refractivity contribution in [2.45, 2.75) is 57.7 Å². The fourth-order valence-electron chi connectivity index (χ4n) is 5.26. The third-order valence-corrected chi connectivity index (χ3v) is 7.73. The van der Waals surface area contributed by atoms with Gasteiger partial charge in [-0.25, -0.2) is 9.59 Å². The molecule has 0 aliphatic heterocycles. The van der Waals surface area contributed by atoms with Crippen LogP contribution in [-0.2, 0) is 42.9 Å². The van der Waals surface area contributed by atoms with Crippen molar-refractivity contribution in [1.29, 1.82) is 0 Å². The first-order valence-corrected chi connectivity index (χ1v) is 18.1. The van der Waals surface area contributed by atoms with Gasteiger partial charge in [-0.3, -0.25) is 14.4 Å². The zero-order chi connectivity index (χ0) is 41.6. The molecule has 0 saturated carbocycles. The Kier molecular flexibility index (Phi) is 20.9. The summed E-state index contributed by atoms with van der Waals surface area (Å²) in [6.07, 6.45) is -5.13. The van der Waals surface area contributed by atoms with Crippen LogP contribution < -0.4 is 16.4 Å². The molecule has 0 spiro atoms. The number of nitrogens with one attached hydrogen (secondary N) is 2. The molecular formula is C38H53F3N4O11. The number of alkyl carbamates (subject to hydrolysis) is 1. The molecule has 0 unspecified atom stereocenters. The zero-order valence-electron chi connectivity index (χ0n) is 32.0. The van der Waals surface area contributed by atoms with Crippen LogP contribution in [0.4, 0.5) is 18.0 Å². The van der Waals surface area contributed by atoms with Gasteiger partial charge in [-0.1, -0.05) is 48.5 Å². The quantitative estimate of drug-likeness (QED) is 0.0997. The highest BCUT2D eigenvalue weighted by molar-refractivity contribution is 5.79. The molecule has 3 rings (SSSR count). The Labute approximate surface area is 324 Å². The standard InChI is InChI=1S/C36H52N4O9.C2HF3O2/c1-36(2,3)49-34(43)14-22-47-25-24-46-20-12-32(41)38-16-19-40(18-15-37)33(42)13-21-45-23-17-39-35(44)48-26-31-29-10-6-4-8-27(29)28-9-5-7-11-30(28)31;3-2(4,5)1(6)7/h4-11,31H,12-26,37H2,1-3H3,(H,38,41)(H,39,44);(H,6,7). The summed E-state index contributed by atoms with van der Waals surface area (Å²) in [4.78, 5) is 59.3. The normalized spacial score (nSPS) is 12.1.